The molecule has 0 radical (unpaired) electrons. The third-order valence-corrected chi connectivity index (χ3v) is 2.67. The first-order valence-electron chi connectivity index (χ1n) is 4.99. The van der Waals surface area contributed by atoms with Crippen LogP contribution in [-0.2, 0) is 4.79 Å². The van der Waals surface area contributed by atoms with Crippen molar-refractivity contribution in [2.24, 2.45) is 11.7 Å². The molecule has 6 heteroatoms. The van der Waals surface area contributed by atoms with Crippen molar-refractivity contribution in [1.82, 2.24) is 4.90 Å². The summed E-state index contributed by atoms with van der Waals surface area (Å²) in [6.07, 6.45) is -3.88. The van der Waals surface area contributed by atoms with E-state index >= 15 is 0 Å². The molecule has 0 aromatic rings. The number of piperidine rings is 1. The van der Waals surface area contributed by atoms with Gasteiger partial charge in [0.2, 0.25) is 5.91 Å². The van der Waals surface area contributed by atoms with E-state index in [1.807, 2.05) is 0 Å². The maximum absolute atomic E-state index is 12.3. The predicted octanol–water partition coefficient (Wildman–Crippen LogP) is 1.14. The molecule has 1 amide bonds. The van der Waals surface area contributed by atoms with Crippen LogP contribution in [0, 0.1) is 5.92 Å². The van der Waals surface area contributed by atoms with E-state index < -0.39 is 12.1 Å². The van der Waals surface area contributed by atoms with Crippen molar-refractivity contribution in [3.63, 3.8) is 0 Å². The second-order valence-electron chi connectivity index (χ2n) is 3.74. The van der Waals surface area contributed by atoms with Gasteiger partial charge in [0.05, 0.1) is 5.92 Å². The van der Waals surface area contributed by atoms with E-state index in [1.54, 1.807) is 0 Å². The summed E-state index contributed by atoms with van der Waals surface area (Å²) in [5.74, 6) is -1.39. The van der Waals surface area contributed by atoms with Crippen LogP contribution in [0.3, 0.4) is 0 Å². The van der Waals surface area contributed by atoms with Crippen molar-refractivity contribution in [3.8, 4) is 0 Å². The van der Waals surface area contributed by atoms with Crippen LogP contribution in [0.25, 0.3) is 0 Å². The number of nitrogens with zero attached hydrogens (tertiary/aromatic N) is 1. The van der Waals surface area contributed by atoms with E-state index in [-0.39, 0.29) is 44.8 Å². The fourth-order valence-electron chi connectivity index (χ4n) is 1.74. The quantitative estimate of drug-likeness (QED) is 0.764. The standard InChI is InChI=1S/C9H15F3N2O/c10-9(11,12)7-2-5-14(6-3-7)8(15)1-4-13/h7H,1-6,13H2. The molecule has 1 heterocycles. The second kappa shape index (κ2) is 4.83. The third kappa shape index (κ3) is 3.37. The average molecular weight is 224 g/mol. The number of nitrogens with two attached hydrogens (primary N) is 1. The summed E-state index contributed by atoms with van der Waals surface area (Å²) in [6, 6.07) is 0. The second-order valence-corrected chi connectivity index (χ2v) is 3.74. The van der Waals surface area contributed by atoms with Gasteiger partial charge in [0.15, 0.2) is 0 Å². The highest BCUT2D eigenvalue weighted by Crippen LogP contribution is 2.34. The van der Waals surface area contributed by atoms with Gasteiger partial charge in [-0.25, -0.2) is 0 Å². The lowest BCUT2D eigenvalue weighted by Crippen LogP contribution is -2.42. The molecular weight excluding hydrogens is 209 g/mol. The Labute approximate surface area is 86.4 Å². The monoisotopic (exact) mass is 224 g/mol. The van der Waals surface area contributed by atoms with Gasteiger partial charge in [0.25, 0.3) is 0 Å². The van der Waals surface area contributed by atoms with Gasteiger partial charge >= 0.3 is 6.18 Å². The molecular formula is C9H15F3N2O. The lowest BCUT2D eigenvalue weighted by atomic mass is 9.96. The molecule has 0 unspecified atom stereocenters. The van der Waals surface area contributed by atoms with Gasteiger partial charge in [-0.2, -0.15) is 13.2 Å². The molecule has 0 aromatic carbocycles. The highest BCUT2D eigenvalue weighted by Gasteiger charge is 2.41. The molecule has 0 aliphatic carbocycles. The Morgan fingerprint density at radius 1 is 1.33 bits per heavy atom. The molecule has 0 aromatic heterocycles. The van der Waals surface area contributed by atoms with Crippen molar-refractivity contribution in [2.75, 3.05) is 19.6 Å². The summed E-state index contributed by atoms with van der Waals surface area (Å²) in [5.41, 5.74) is 5.21. The lowest BCUT2D eigenvalue weighted by molar-refractivity contribution is -0.186. The smallest absolute Gasteiger partial charge is 0.343 e. The molecule has 1 aliphatic heterocycles. The summed E-state index contributed by atoms with van der Waals surface area (Å²) in [6.45, 7) is 0.643. The van der Waals surface area contributed by atoms with Gasteiger partial charge in [0.1, 0.15) is 0 Å². The number of likely N-dealkylation sites (tertiary alicyclic amines) is 1. The number of carbonyl (C=O) groups is 1. The normalized spacial score (nSPS) is 19.3. The maximum atomic E-state index is 12.3. The summed E-state index contributed by atoms with van der Waals surface area (Å²) < 4.78 is 36.9. The van der Waals surface area contributed by atoms with Crippen LogP contribution in [0.5, 0.6) is 0 Å². The van der Waals surface area contributed by atoms with Crippen molar-refractivity contribution in [1.29, 1.82) is 0 Å². The Balaban J connectivity index is 2.39. The first-order valence-corrected chi connectivity index (χ1v) is 4.99. The fraction of sp³-hybridized carbons (Fsp3) is 0.889. The van der Waals surface area contributed by atoms with Crippen molar-refractivity contribution in [3.05, 3.63) is 0 Å². The largest absolute Gasteiger partial charge is 0.391 e. The molecule has 0 atom stereocenters. The minimum absolute atomic E-state index is 0.0137. The Morgan fingerprint density at radius 2 is 1.87 bits per heavy atom. The number of hydrogen-bond donors (Lipinski definition) is 1. The van der Waals surface area contributed by atoms with E-state index in [4.69, 9.17) is 5.73 Å². The average Bonchev–Trinajstić information content (AvgIpc) is 2.17. The number of halogens is 3. The maximum Gasteiger partial charge on any atom is 0.391 e. The zero-order chi connectivity index (χ0) is 11.5. The van der Waals surface area contributed by atoms with Gasteiger partial charge in [-0.1, -0.05) is 0 Å². The highest BCUT2D eigenvalue weighted by molar-refractivity contribution is 5.76. The molecule has 1 saturated heterocycles. The zero-order valence-electron chi connectivity index (χ0n) is 8.39. The Bertz CT molecular complexity index is 222. The molecule has 1 rings (SSSR count). The van der Waals surface area contributed by atoms with E-state index in [9.17, 15) is 18.0 Å². The van der Waals surface area contributed by atoms with E-state index in [2.05, 4.69) is 0 Å². The molecule has 15 heavy (non-hydrogen) atoms. The SMILES string of the molecule is NCCC(=O)N1CCC(C(F)(F)F)CC1. The van der Waals surface area contributed by atoms with E-state index in [0.29, 0.717) is 0 Å². The molecule has 0 bridgehead atoms. The van der Waals surface area contributed by atoms with Crippen LogP contribution >= 0.6 is 0 Å². The minimum atomic E-state index is -4.12. The third-order valence-electron chi connectivity index (χ3n) is 2.67. The minimum Gasteiger partial charge on any atom is -0.343 e. The van der Waals surface area contributed by atoms with Gasteiger partial charge < -0.3 is 10.6 Å². The molecule has 1 aliphatic rings. The van der Waals surface area contributed by atoms with Crippen molar-refractivity contribution in [2.45, 2.75) is 25.4 Å². The number of carbonyl (C=O) groups excluding carboxylic acids is 1. The number of rotatable bonds is 2. The van der Waals surface area contributed by atoms with Gasteiger partial charge in [0, 0.05) is 26.1 Å². The summed E-state index contributed by atoms with van der Waals surface area (Å²) in [7, 11) is 0. The first kappa shape index (κ1) is 12.3. The van der Waals surface area contributed by atoms with E-state index in [0.717, 1.165) is 0 Å². The first-order chi connectivity index (χ1) is 6.95. The van der Waals surface area contributed by atoms with Crippen LogP contribution in [0.1, 0.15) is 19.3 Å². The van der Waals surface area contributed by atoms with Gasteiger partial charge in [-0.3, -0.25) is 4.79 Å². The predicted molar refractivity (Wildman–Crippen MR) is 49.0 cm³/mol. The van der Waals surface area contributed by atoms with Crippen molar-refractivity contribution >= 4 is 5.91 Å². The van der Waals surface area contributed by atoms with Gasteiger partial charge in [-0.05, 0) is 12.8 Å². The summed E-state index contributed by atoms with van der Waals surface area (Å²) >= 11 is 0. The fourth-order valence-corrected chi connectivity index (χ4v) is 1.74. The summed E-state index contributed by atoms with van der Waals surface area (Å²) in [5, 5.41) is 0. The zero-order valence-corrected chi connectivity index (χ0v) is 8.39. The number of hydrogen-bond acceptors (Lipinski definition) is 2. The Hall–Kier alpha value is -0.780. The molecule has 2 N–H and O–H groups in total. The van der Waals surface area contributed by atoms with Crippen LogP contribution in [0.15, 0.2) is 0 Å². The topological polar surface area (TPSA) is 46.3 Å². The summed E-state index contributed by atoms with van der Waals surface area (Å²) in [4.78, 5) is 12.8. The molecule has 88 valence electrons. The molecule has 0 spiro atoms. The van der Waals surface area contributed by atoms with Crippen molar-refractivity contribution < 1.29 is 18.0 Å². The van der Waals surface area contributed by atoms with Gasteiger partial charge in [-0.15, -0.1) is 0 Å². The van der Waals surface area contributed by atoms with E-state index in [1.165, 1.54) is 4.90 Å². The van der Waals surface area contributed by atoms with Crippen LogP contribution in [0.2, 0.25) is 0 Å². The van der Waals surface area contributed by atoms with Crippen LogP contribution in [0.4, 0.5) is 13.2 Å². The van der Waals surface area contributed by atoms with Crippen LogP contribution in [-0.4, -0.2) is 36.6 Å². The number of alkyl halides is 3. The van der Waals surface area contributed by atoms with Crippen LogP contribution < -0.4 is 5.73 Å². The molecule has 0 saturated carbocycles. The molecule has 1 fully saturated rings. The Kier molecular flexibility index (Phi) is 3.96. The highest BCUT2D eigenvalue weighted by atomic mass is 19.4. The lowest BCUT2D eigenvalue weighted by Gasteiger charge is -2.32. The molecule has 3 nitrogen and oxygen atoms in total. The Morgan fingerprint density at radius 3 is 2.27 bits per heavy atom. The number of amides is 1.